The number of rotatable bonds is 3. The van der Waals surface area contributed by atoms with Crippen molar-refractivity contribution in [2.45, 2.75) is 13.5 Å². The second-order valence-electron chi connectivity index (χ2n) is 3.23. The van der Waals surface area contributed by atoms with Crippen LogP contribution in [0.2, 0.25) is 0 Å². The van der Waals surface area contributed by atoms with Crippen molar-refractivity contribution < 1.29 is 0 Å². The molecule has 0 amide bonds. The first-order chi connectivity index (χ1) is 6.84. The Morgan fingerprint density at radius 1 is 1.21 bits per heavy atom. The van der Waals surface area contributed by atoms with E-state index < -0.39 is 0 Å². The van der Waals surface area contributed by atoms with Gasteiger partial charge in [0.05, 0.1) is 12.2 Å². The third kappa shape index (κ3) is 2.36. The largest absolute Gasteiger partial charge is 0.280 e. The summed E-state index contributed by atoms with van der Waals surface area (Å²) >= 11 is 1.75. The van der Waals surface area contributed by atoms with E-state index in [-0.39, 0.29) is 0 Å². The summed E-state index contributed by atoms with van der Waals surface area (Å²) in [5.74, 6) is 0. The first-order valence-corrected chi connectivity index (χ1v) is 5.49. The monoisotopic (exact) mass is 202 g/mol. The van der Waals surface area contributed by atoms with Crippen molar-refractivity contribution in [1.29, 1.82) is 0 Å². The van der Waals surface area contributed by atoms with Crippen LogP contribution in [0.5, 0.6) is 0 Å². The van der Waals surface area contributed by atoms with Crippen molar-refractivity contribution in [3.8, 4) is 0 Å². The molecule has 0 atom stereocenters. The van der Waals surface area contributed by atoms with E-state index in [0.29, 0.717) is 0 Å². The van der Waals surface area contributed by atoms with E-state index in [1.807, 2.05) is 12.1 Å². The molecule has 0 saturated carbocycles. The summed E-state index contributed by atoms with van der Waals surface area (Å²) in [6.45, 7) is 2.88. The second kappa shape index (κ2) is 4.29. The van der Waals surface area contributed by atoms with Crippen LogP contribution in [0.25, 0.3) is 0 Å². The van der Waals surface area contributed by atoms with Crippen LogP contribution >= 0.6 is 11.3 Å². The van der Waals surface area contributed by atoms with Crippen molar-refractivity contribution in [3.05, 3.63) is 52.2 Å². The zero-order valence-electron chi connectivity index (χ0n) is 8.10. The summed E-state index contributed by atoms with van der Waals surface area (Å²) in [7, 11) is 0. The van der Waals surface area contributed by atoms with E-state index >= 15 is 0 Å². The average Bonchev–Trinajstić information content (AvgIpc) is 2.67. The van der Waals surface area contributed by atoms with Crippen LogP contribution in [0.3, 0.4) is 0 Å². The van der Waals surface area contributed by atoms with E-state index in [9.17, 15) is 0 Å². The molecule has 1 aromatic carbocycles. The molecule has 0 aliphatic carbocycles. The molecule has 2 rings (SSSR count). The van der Waals surface area contributed by atoms with Gasteiger partial charge < -0.3 is 0 Å². The standard InChI is InChI=1S/C12H12NS/c1-10-4-2-5-11(8-10)13-9-12-6-3-7-14-12/h2-8H,9H2,1H3. The average molecular weight is 202 g/mol. The molecule has 2 heteroatoms. The summed E-state index contributed by atoms with van der Waals surface area (Å²) in [6.07, 6.45) is 0. The lowest BCUT2D eigenvalue weighted by atomic mass is 10.2. The highest BCUT2D eigenvalue weighted by atomic mass is 32.1. The Kier molecular flexibility index (Phi) is 2.84. The van der Waals surface area contributed by atoms with Gasteiger partial charge >= 0.3 is 0 Å². The molecule has 0 N–H and O–H groups in total. The van der Waals surface area contributed by atoms with E-state index in [1.165, 1.54) is 10.4 Å². The zero-order valence-corrected chi connectivity index (χ0v) is 8.92. The van der Waals surface area contributed by atoms with Gasteiger partial charge in [0, 0.05) is 4.88 Å². The summed E-state index contributed by atoms with van der Waals surface area (Å²) in [6, 6.07) is 12.5. The maximum Gasteiger partial charge on any atom is 0.0739 e. The van der Waals surface area contributed by atoms with Gasteiger partial charge in [-0.3, -0.25) is 5.32 Å². The minimum atomic E-state index is 0.793. The van der Waals surface area contributed by atoms with Crippen molar-refractivity contribution in [2.75, 3.05) is 0 Å². The Bertz CT molecular complexity index is 392. The molecule has 71 valence electrons. The number of aryl methyl sites for hydroxylation is 1. The van der Waals surface area contributed by atoms with E-state index in [4.69, 9.17) is 0 Å². The minimum absolute atomic E-state index is 0.793. The number of nitrogens with zero attached hydrogens (tertiary/aromatic N) is 1. The van der Waals surface area contributed by atoms with Gasteiger partial charge in [0.1, 0.15) is 0 Å². The highest BCUT2D eigenvalue weighted by Gasteiger charge is 1.96. The van der Waals surface area contributed by atoms with Crippen molar-refractivity contribution in [2.24, 2.45) is 0 Å². The highest BCUT2D eigenvalue weighted by Crippen LogP contribution is 2.14. The van der Waals surface area contributed by atoms with Gasteiger partial charge in [-0.15, -0.1) is 11.3 Å². The molecule has 0 aliphatic rings. The molecule has 0 saturated heterocycles. The number of hydrogen-bond donors (Lipinski definition) is 0. The van der Waals surface area contributed by atoms with E-state index in [1.54, 1.807) is 11.3 Å². The molecule has 0 unspecified atom stereocenters. The highest BCUT2D eigenvalue weighted by molar-refractivity contribution is 7.09. The molecule has 0 aliphatic heterocycles. The minimum Gasteiger partial charge on any atom is -0.280 e. The Hall–Kier alpha value is -1.28. The maximum atomic E-state index is 4.52. The zero-order chi connectivity index (χ0) is 9.80. The fraction of sp³-hybridized carbons (Fsp3) is 0.167. The van der Waals surface area contributed by atoms with Crippen molar-refractivity contribution >= 4 is 17.0 Å². The van der Waals surface area contributed by atoms with E-state index in [0.717, 1.165) is 12.2 Å². The van der Waals surface area contributed by atoms with Gasteiger partial charge in [0.15, 0.2) is 0 Å². The van der Waals surface area contributed by atoms with Crippen molar-refractivity contribution in [1.82, 2.24) is 5.32 Å². The number of hydrogen-bond acceptors (Lipinski definition) is 1. The SMILES string of the molecule is Cc1cccc([N]Cc2cccs2)c1. The molecular weight excluding hydrogens is 190 g/mol. The van der Waals surface area contributed by atoms with Gasteiger partial charge in [-0.2, -0.15) is 0 Å². The molecule has 0 bridgehead atoms. The lowest BCUT2D eigenvalue weighted by molar-refractivity contribution is 0.879. The van der Waals surface area contributed by atoms with Crippen LogP contribution < -0.4 is 5.32 Å². The third-order valence-corrected chi connectivity index (χ3v) is 2.86. The summed E-state index contributed by atoms with van der Waals surface area (Å²) in [4.78, 5) is 1.31. The van der Waals surface area contributed by atoms with Gasteiger partial charge in [-0.25, -0.2) is 0 Å². The summed E-state index contributed by atoms with van der Waals surface area (Å²) in [5, 5.41) is 6.60. The van der Waals surface area contributed by atoms with Gasteiger partial charge in [-0.05, 0) is 36.1 Å². The summed E-state index contributed by atoms with van der Waals surface area (Å²) < 4.78 is 0. The fourth-order valence-electron chi connectivity index (χ4n) is 1.30. The quantitative estimate of drug-likeness (QED) is 0.723. The Balaban J connectivity index is 1.98. The lowest BCUT2D eigenvalue weighted by Crippen LogP contribution is -1.95. The predicted octanol–water partition coefficient (Wildman–Crippen LogP) is 3.49. The van der Waals surface area contributed by atoms with Crippen LogP contribution in [-0.4, -0.2) is 0 Å². The molecule has 1 nitrogen and oxygen atoms in total. The molecular formula is C12H12NS. The fourth-order valence-corrected chi connectivity index (χ4v) is 1.93. The Morgan fingerprint density at radius 2 is 2.14 bits per heavy atom. The van der Waals surface area contributed by atoms with Gasteiger partial charge in [-0.1, -0.05) is 18.2 Å². The second-order valence-corrected chi connectivity index (χ2v) is 4.27. The normalized spacial score (nSPS) is 10.1. The predicted molar refractivity (Wildman–Crippen MR) is 61.0 cm³/mol. The Morgan fingerprint density at radius 3 is 2.86 bits per heavy atom. The van der Waals surface area contributed by atoms with Gasteiger partial charge in [0.2, 0.25) is 0 Å². The topological polar surface area (TPSA) is 14.1 Å². The first kappa shape index (κ1) is 9.28. The molecule has 0 spiro atoms. The first-order valence-electron chi connectivity index (χ1n) is 4.61. The number of thiophene rings is 1. The lowest BCUT2D eigenvalue weighted by Gasteiger charge is -2.01. The summed E-state index contributed by atoms with van der Waals surface area (Å²) in [5.41, 5.74) is 2.33. The van der Waals surface area contributed by atoms with Crippen LogP contribution in [0.4, 0.5) is 5.69 Å². The van der Waals surface area contributed by atoms with Crippen LogP contribution in [-0.2, 0) is 6.54 Å². The molecule has 1 radical (unpaired) electrons. The number of benzene rings is 1. The van der Waals surface area contributed by atoms with Crippen LogP contribution in [0.15, 0.2) is 41.8 Å². The molecule has 14 heavy (non-hydrogen) atoms. The maximum absolute atomic E-state index is 4.52. The van der Waals surface area contributed by atoms with Gasteiger partial charge in [0.25, 0.3) is 0 Å². The molecule has 2 aromatic rings. The third-order valence-electron chi connectivity index (χ3n) is 2.00. The smallest absolute Gasteiger partial charge is 0.0739 e. The van der Waals surface area contributed by atoms with E-state index in [2.05, 4.69) is 41.9 Å². The van der Waals surface area contributed by atoms with Crippen LogP contribution in [0, 0.1) is 6.92 Å². The molecule has 0 fully saturated rings. The van der Waals surface area contributed by atoms with Crippen molar-refractivity contribution in [3.63, 3.8) is 0 Å². The Labute approximate surface area is 88.4 Å². The molecule has 1 aromatic heterocycles. The van der Waals surface area contributed by atoms with Crippen LogP contribution in [0.1, 0.15) is 10.4 Å². The molecule has 1 heterocycles.